The quantitative estimate of drug-likeness (QED) is 0.418. The topological polar surface area (TPSA) is 18.5 Å². The van der Waals surface area contributed by atoms with Crippen LogP contribution in [0.5, 0.6) is 0 Å². The lowest BCUT2D eigenvalue weighted by molar-refractivity contribution is 0.0740. The summed E-state index contributed by atoms with van der Waals surface area (Å²) in [5, 5.41) is 0. The number of rotatable bonds is 6. The van der Waals surface area contributed by atoms with Crippen molar-refractivity contribution < 1.29 is 9.16 Å². The van der Waals surface area contributed by atoms with E-state index in [2.05, 4.69) is 13.8 Å². The molecule has 0 saturated carbocycles. The third-order valence-corrected chi connectivity index (χ3v) is 1.60. The molecule has 0 aliphatic carbocycles. The van der Waals surface area contributed by atoms with Crippen LogP contribution < -0.4 is 0 Å². The first-order valence-electron chi connectivity index (χ1n) is 3.88. The van der Waals surface area contributed by atoms with E-state index in [0.29, 0.717) is 6.10 Å². The van der Waals surface area contributed by atoms with Gasteiger partial charge in [0.1, 0.15) is 10.5 Å². The molecule has 0 rings (SSSR count). The van der Waals surface area contributed by atoms with Crippen LogP contribution in [0.4, 0.5) is 0 Å². The molecule has 0 aromatic carbocycles. The Hall–Kier alpha value is 0.137. The number of hydrogen-bond donors (Lipinski definition) is 0. The van der Waals surface area contributed by atoms with E-state index in [4.69, 9.17) is 9.16 Å². The molecule has 0 atom stereocenters. The van der Waals surface area contributed by atoms with Crippen molar-refractivity contribution in [2.24, 2.45) is 0 Å². The highest BCUT2D eigenvalue weighted by molar-refractivity contribution is 5.97. The fourth-order valence-corrected chi connectivity index (χ4v) is 0.956. The average Bonchev–Trinajstić information content (AvgIpc) is 1.87. The summed E-state index contributed by atoms with van der Waals surface area (Å²) < 4.78 is 10.4. The van der Waals surface area contributed by atoms with Crippen LogP contribution in [0, 0.1) is 0 Å². The molecular weight excluding hydrogens is 144 g/mol. The maximum Gasteiger partial charge on any atom is 0.145 e. The Balaban J connectivity index is 2.77. The zero-order chi connectivity index (χ0) is 7.82. The van der Waals surface area contributed by atoms with Crippen molar-refractivity contribution in [1.82, 2.24) is 0 Å². The largest absolute Gasteiger partial charge is 0.428 e. The summed E-state index contributed by atoms with van der Waals surface area (Å²) in [6, 6.07) is 0. The van der Waals surface area contributed by atoms with Gasteiger partial charge in [0, 0.05) is 13.2 Å². The van der Waals surface area contributed by atoms with Crippen LogP contribution in [-0.2, 0) is 9.16 Å². The molecule has 0 N–H and O–H groups in total. The van der Waals surface area contributed by atoms with E-state index in [1.54, 1.807) is 0 Å². The van der Waals surface area contributed by atoms with Crippen molar-refractivity contribution in [2.75, 3.05) is 13.2 Å². The molecule has 0 unspecified atom stereocenters. The molecule has 0 bridgehead atoms. The fourth-order valence-electron chi connectivity index (χ4n) is 0.667. The minimum absolute atomic E-state index is 0.372. The molecule has 0 amide bonds. The van der Waals surface area contributed by atoms with Crippen molar-refractivity contribution in [3.63, 3.8) is 0 Å². The minimum Gasteiger partial charge on any atom is -0.428 e. The van der Waals surface area contributed by atoms with E-state index >= 15 is 0 Å². The maximum absolute atomic E-state index is 5.34. The molecule has 0 fully saturated rings. The maximum atomic E-state index is 5.34. The lowest BCUT2D eigenvalue weighted by Gasteiger charge is -2.06. The van der Waals surface area contributed by atoms with Gasteiger partial charge in [0.2, 0.25) is 0 Å². The highest BCUT2D eigenvalue weighted by atomic mass is 28.2. The van der Waals surface area contributed by atoms with Gasteiger partial charge in [-0.1, -0.05) is 0 Å². The predicted octanol–water partition coefficient (Wildman–Crippen LogP) is 0.489. The summed E-state index contributed by atoms with van der Waals surface area (Å²) in [4.78, 5) is 0. The molecule has 0 heterocycles. The van der Waals surface area contributed by atoms with E-state index in [-0.39, 0.29) is 0 Å². The van der Waals surface area contributed by atoms with E-state index < -0.39 is 0 Å². The Morgan fingerprint density at radius 1 is 1.20 bits per heavy atom. The molecule has 0 aliphatic rings. The Morgan fingerprint density at radius 2 is 1.80 bits per heavy atom. The van der Waals surface area contributed by atoms with Crippen LogP contribution in [0.1, 0.15) is 26.7 Å². The zero-order valence-electron chi connectivity index (χ0n) is 7.22. The molecule has 0 spiro atoms. The van der Waals surface area contributed by atoms with Gasteiger partial charge >= 0.3 is 0 Å². The van der Waals surface area contributed by atoms with Gasteiger partial charge in [-0.2, -0.15) is 0 Å². The molecule has 0 aromatic rings. The fraction of sp³-hybridized carbons (Fsp3) is 1.00. The molecular formula is C7H18O2Si. The molecule has 0 saturated heterocycles. The minimum atomic E-state index is 0.372. The second kappa shape index (κ2) is 7.25. The molecule has 2 nitrogen and oxygen atoms in total. The summed E-state index contributed by atoms with van der Waals surface area (Å²) in [6.45, 7) is 5.91. The molecule has 0 aliphatic heterocycles. The molecule has 3 heteroatoms. The van der Waals surface area contributed by atoms with Gasteiger partial charge in [0.25, 0.3) is 0 Å². The SMILES string of the molecule is CC(C)OCCCCO[SiH3]. The van der Waals surface area contributed by atoms with E-state index in [1.807, 2.05) is 0 Å². The first kappa shape index (κ1) is 10.1. The van der Waals surface area contributed by atoms with Crippen LogP contribution in [0.3, 0.4) is 0 Å². The first-order chi connectivity index (χ1) is 4.77. The summed E-state index contributed by atoms with van der Waals surface area (Å²) in [7, 11) is 0.863. The van der Waals surface area contributed by atoms with Crippen LogP contribution in [-0.4, -0.2) is 29.8 Å². The Labute approximate surface area is 66.5 Å². The number of ether oxygens (including phenoxy) is 1. The first-order valence-corrected chi connectivity index (χ1v) is 4.69. The smallest absolute Gasteiger partial charge is 0.145 e. The van der Waals surface area contributed by atoms with Crippen molar-refractivity contribution in [3.05, 3.63) is 0 Å². The molecule has 62 valence electrons. The van der Waals surface area contributed by atoms with Crippen molar-refractivity contribution in [1.29, 1.82) is 0 Å². The van der Waals surface area contributed by atoms with Gasteiger partial charge in [0.05, 0.1) is 6.10 Å². The number of hydrogen-bond acceptors (Lipinski definition) is 2. The van der Waals surface area contributed by atoms with E-state index in [1.165, 1.54) is 0 Å². The van der Waals surface area contributed by atoms with Gasteiger partial charge in [-0.15, -0.1) is 0 Å². The zero-order valence-corrected chi connectivity index (χ0v) is 9.22. The monoisotopic (exact) mass is 162 g/mol. The van der Waals surface area contributed by atoms with Crippen molar-refractivity contribution >= 4 is 10.5 Å². The predicted molar refractivity (Wildman–Crippen MR) is 46.2 cm³/mol. The summed E-state index contributed by atoms with van der Waals surface area (Å²) in [6.07, 6.45) is 2.63. The van der Waals surface area contributed by atoms with Gasteiger partial charge in [-0.3, -0.25) is 0 Å². The third kappa shape index (κ3) is 8.14. The second-order valence-electron chi connectivity index (χ2n) is 2.62. The van der Waals surface area contributed by atoms with Gasteiger partial charge in [-0.05, 0) is 26.7 Å². The lowest BCUT2D eigenvalue weighted by Crippen LogP contribution is -2.04. The lowest BCUT2D eigenvalue weighted by atomic mass is 10.3. The van der Waals surface area contributed by atoms with Crippen LogP contribution in [0.15, 0.2) is 0 Å². The Kier molecular flexibility index (Phi) is 7.35. The normalized spacial score (nSPS) is 11.1. The van der Waals surface area contributed by atoms with Crippen molar-refractivity contribution in [2.45, 2.75) is 32.8 Å². The summed E-state index contributed by atoms with van der Waals surface area (Å²) >= 11 is 0. The standard InChI is InChI=1S/C7H18O2Si/c1-7(2)8-5-3-4-6-9-10/h7H,3-6H2,1-2,10H3. The highest BCUT2D eigenvalue weighted by Gasteiger charge is 1.91. The van der Waals surface area contributed by atoms with Crippen LogP contribution in [0.25, 0.3) is 0 Å². The van der Waals surface area contributed by atoms with Crippen LogP contribution in [0.2, 0.25) is 0 Å². The molecule has 10 heavy (non-hydrogen) atoms. The number of unbranched alkanes of at least 4 members (excludes halogenated alkanes) is 1. The second-order valence-corrected chi connectivity index (χ2v) is 3.20. The van der Waals surface area contributed by atoms with Gasteiger partial charge in [0.15, 0.2) is 0 Å². The summed E-state index contributed by atoms with van der Waals surface area (Å²) in [5.41, 5.74) is 0. The van der Waals surface area contributed by atoms with E-state index in [9.17, 15) is 0 Å². The third-order valence-electron chi connectivity index (χ3n) is 1.19. The molecule has 0 radical (unpaired) electrons. The summed E-state index contributed by atoms with van der Waals surface area (Å²) in [5.74, 6) is 0. The van der Waals surface area contributed by atoms with Gasteiger partial charge < -0.3 is 9.16 Å². The Morgan fingerprint density at radius 3 is 2.30 bits per heavy atom. The highest BCUT2D eigenvalue weighted by Crippen LogP contribution is 1.93. The average molecular weight is 162 g/mol. The van der Waals surface area contributed by atoms with Crippen LogP contribution >= 0.6 is 0 Å². The van der Waals surface area contributed by atoms with Crippen molar-refractivity contribution in [3.8, 4) is 0 Å². The van der Waals surface area contributed by atoms with Gasteiger partial charge in [-0.25, -0.2) is 0 Å². The molecule has 0 aromatic heterocycles. The Bertz CT molecular complexity index is 66.6. The van der Waals surface area contributed by atoms with E-state index in [0.717, 1.165) is 36.5 Å².